The van der Waals surface area contributed by atoms with E-state index in [4.69, 9.17) is 16.3 Å². The number of benzene rings is 1. The number of nitrogens with one attached hydrogen (secondary N) is 1. The zero-order valence-electron chi connectivity index (χ0n) is 9.09. The molecule has 0 unspecified atom stereocenters. The van der Waals surface area contributed by atoms with E-state index in [9.17, 15) is 9.18 Å². The van der Waals surface area contributed by atoms with Gasteiger partial charge < -0.3 is 10.1 Å². The van der Waals surface area contributed by atoms with Crippen LogP contribution in [0.2, 0.25) is 0 Å². The average Bonchev–Trinajstić information content (AvgIpc) is 2.15. The fourth-order valence-corrected chi connectivity index (χ4v) is 1.24. The second-order valence-electron chi connectivity index (χ2n) is 3.52. The predicted molar refractivity (Wildman–Crippen MR) is 61.5 cm³/mol. The monoisotopic (exact) mass is 245 g/mol. The zero-order valence-corrected chi connectivity index (χ0v) is 9.84. The van der Waals surface area contributed by atoms with Gasteiger partial charge in [0, 0.05) is 17.8 Å². The van der Waals surface area contributed by atoms with Crippen molar-refractivity contribution >= 4 is 23.2 Å². The molecule has 88 valence electrons. The number of alkyl halides is 1. The van der Waals surface area contributed by atoms with Gasteiger partial charge in [-0.25, -0.2) is 4.39 Å². The maximum Gasteiger partial charge on any atom is 0.239 e. The second kappa shape index (κ2) is 5.70. The molecule has 0 spiro atoms. The number of hydrogen-bond acceptors (Lipinski definition) is 2. The maximum atomic E-state index is 13.2. The Morgan fingerprint density at radius 1 is 1.50 bits per heavy atom. The predicted octanol–water partition coefficient (Wildman–Crippen LogP) is 2.79. The van der Waals surface area contributed by atoms with Crippen molar-refractivity contribution in [1.82, 2.24) is 0 Å². The smallest absolute Gasteiger partial charge is 0.239 e. The number of halogens is 2. The lowest BCUT2D eigenvalue weighted by molar-refractivity contribution is -0.113. The Kier molecular flexibility index (Phi) is 4.55. The minimum Gasteiger partial charge on any atom is -0.491 e. The van der Waals surface area contributed by atoms with Crippen LogP contribution >= 0.6 is 11.6 Å². The summed E-state index contributed by atoms with van der Waals surface area (Å²) in [5.41, 5.74) is 0.335. The molecule has 0 aromatic heterocycles. The van der Waals surface area contributed by atoms with Crippen molar-refractivity contribution in [2.75, 3.05) is 11.2 Å². The number of carbonyl (C=O) groups is 1. The molecule has 0 aliphatic carbocycles. The quantitative estimate of drug-likeness (QED) is 0.829. The third-order valence-corrected chi connectivity index (χ3v) is 1.89. The molecule has 1 aromatic carbocycles. The van der Waals surface area contributed by atoms with E-state index in [1.54, 1.807) is 6.07 Å². The van der Waals surface area contributed by atoms with Crippen LogP contribution in [-0.2, 0) is 4.79 Å². The summed E-state index contributed by atoms with van der Waals surface area (Å²) in [5, 5.41) is 2.46. The largest absolute Gasteiger partial charge is 0.491 e. The van der Waals surface area contributed by atoms with Gasteiger partial charge in [-0.2, -0.15) is 0 Å². The molecule has 0 radical (unpaired) electrons. The summed E-state index contributed by atoms with van der Waals surface area (Å²) < 4.78 is 18.5. The fourth-order valence-electron chi connectivity index (χ4n) is 1.17. The Balaban J connectivity index is 2.85. The third-order valence-electron chi connectivity index (χ3n) is 1.65. The number of anilines is 1. The normalized spacial score (nSPS) is 10.3. The van der Waals surface area contributed by atoms with Crippen molar-refractivity contribution in [3.63, 3.8) is 0 Å². The second-order valence-corrected chi connectivity index (χ2v) is 3.79. The van der Waals surface area contributed by atoms with Crippen LogP contribution in [0.4, 0.5) is 10.1 Å². The third kappa shape index (κ3) is 4.06. The minimum absolute atomic E-state index is 0.0571. The molecule has 0 atom stereocenters. The summed E-state index contributed by atoms with van der Waals surface area (Å²) in [5.74, 6) is -0.651. The van der Waals surface area contributed by atoms with E-state index in [0.717, 1.165) is 0 Å². The van der Waals surface area contributed by atoms with Crippen molar-refractivity contribution in [3.8, 4) is 5.75 Å². The highest BCUT2D eigenvalue weighted by molar-refractivity contribution is 6.29. The molecule has 0 aliphatic heterocycles. The first kappa shape index (κ1) is 12.8. The number of hydrogen-bond donors (Lipinski definition) is 1. The van der Waals surface area contributed by atoms with E-state index in [1.165, 1.54) is 12.1 Å². The molecule has 0 saturated heterocycles. The van der Waals surface area contributed by atoms with Gasteiger partial charge in [0.1, 0.15) is 17.4 Å². The van der Waals surface area contributed by atoms with Crippen molar-refractivity contribution in [2.45, 2.75) is 20.0 Å². The van der Waals surface area contributed by atoms with E-state index in [0.29, 0.717) is 11.4 Å². The van der Waals surface area contributed by atoms with Gasteiger partial charge in [0.2, 0.25) is 5.91 Å². The van der Waals surface area contributed by atoms with Gasteiger partial charge in [-0.05, 0) is 19.9 Å². The van der Waals surface area contributed by atoms with Gasteiger partial charge in [0.05, 0.1) is 6.10 Å². The van der Waals surface area contributed by atoms with E-state index in [2.05, 4.69) is 5.32 Å². The van der Waals surface area contributed by atoms with Crippen LogP contribution in [0.1, 0.15) is 13.8 Å². The highest BCUT2D eigenvalue weighted by Crippen LogP contribution is 2.21. The van der Waals surface area contributed by atoms with E-state index in [1.807, 2.05) is 13.8 Å². The van der Waals surface area contributed by atoms with Gasteiger partial charge >= 0.3 is 0 Å². The van der Waals surface area contributed by atoms with E-state index < -0.39 is 5.82 Å². The molecule has 0 bridgehead atoms. The molecule has 0 aliphatic rings. The van der Waals surface area contributed by atoms with Gasteiger partial charge in [-0.15, -0.1) is 11.6 Å². The highest BCUT2D eigenvalue weighted by Gasteiger charge is 2.06. The van der Waals surface area contributed by atoms with Crippen LogP contribution in [-0.4, -0.2) is 17.9 Å². The Hall–Kier alpha value is -1.29. The summed E-state index contributed by atoms with van der Waals surface area (Å²) in [6, 6.07) is 4.02. The first-order chi connectivity index (χ1) is 7.51. The van der Waals surface area contributed by atoms with Crippen LogP contribution < -0.4 is 10.1 Å². The molecule has 1 N–H and O–H groups in total. The molecule has 0 heterocycles. The number of carbonyl (C=O) groups excluding carboxylic acids is 1. The summed E-state index contributed by atoms with van der Waals surface area (Å²) in [4.78, 5) is 11.0. The molecule has 5 heteroatoms. The summed E-state index contributed by atoms with van der Waals surface area (Å²) in [6.07, 6.45) is -0.0571. The Morgan fingerprint density at radius 3 is 2.75 bits per heavy atom. The lowest BCUT2D eigenvalue weighted by atomic mass is 10.3. The fraction of sp³-hybridized carbons (Fsp3) is 0.364. The average molecular weight is 246 g/mol. The van der Waals surface area contributed by atoms with Crippen molar-refractivity contribution in [3.05, 3.63) is 24.0 Å². The maximum absolute atomic E-state index is 13.2. The molecule has 1 aromatic rings. The molecule has 1 rings (SSSR count). The SMILES string of the molecule is CC(C)Oc1cc(F)cc(NC(=O)CCl)c1. The summed E-state index contributed by atoms with van der Waals surface area (Å²) >= 11 is 5.33. The Labute approximate surface area is 98.5 Å². The molecule has 3 nitrogen and oxygen atoms in total. The summed E-state index contributed by atoms with van der Waals surface area (Å²) in [6.45, 7) is 3.67. The first-order valence-electron chi connectivity index (χ1n) is 4.84. The molecule has 1 amide bonds. The van der Waals surface area contributed by atoms with Crippen LogP contribution in [0.5, 0.6) is 5.75 Å². The molecule has 16 heavy (non-hydrogen) atoms. The standard InChI is InChI=1S/C11H13ClFNO2/c1-7(2)16-10-4-8(13)3-9(5-10)14-11(15)6-12/h3-5,7H,6H2,1-2H3,(H,14,15). The Morgan fingerprint density at radius 2 is 2.19 bits per heavy atom. The zero-order chi connectivity index (χ0) is 12.1. The molecular weight excluding hydrogens is 233 g/mol. The number of rotatable bonds is 4. The van der Waals surface area contributed by atoms with Gasteiger partial charge in [-0.1, -0.05) is 0 Å². The topological polar surface area (TPSA) is 38.3 Å². The lowest BCUT2D eigenvalue weighted by Gasteiger charge is -2.11. The van der Waals surface area contributed by atoms with Crippen molar-refractivity contribution < 1.29 is 13.9 Å². The van der Waals surface area contributed by atoms with Crippen LogP contribution in [0.3, 0.4) is 0 Å². The Bertz CT molecular complexity index is 382. The van der Waals surface area contributed by atoms with Gasteiger partial charge in [-0.3, -0.25) is 4.79 Å². The minimum atomic E-state index is -0.469. The lowest BCUT2D eigenvalue weighted by Crippen LogP contribution is -2.13. The number of ether oxygens (including phenoxy) is 1. The van der Waals surface area contributed by atoms with E-state index in [-0.39, 0.29) is 17.9 Å². The van der Waals surface area contributed by atoms with Crippen LogP contribution in [0, 0.1) is 5.82 Å². The van der Waals surface area contributed by atoms with Crippen LogP contribution in [0.15, 0.2) is 18.2 Å². The van der Waals surface area contributed by atoms with Gasteiger partial charge in [0.25, 0.3) is 0 Å². The number of amides is 1. The highest BCUT2D eigenvalue weighted by atomic mass is 35.5. The summed E-state index contributed by atoms with van der Waals surface area (Å²) in [7, 11) is 0. The van der Waals surface area contributed by atoms with E-state index >= 15 is 0 Å². The van der Waals surface area contributed by atoms with Crippen molar-refractivity contribution in [2.24, 2.45) is 0 Å². The van der Waals surface area contributed by atoms with Gasteiger partial charge in [0.15, 0.2) is 0 Å². The molecule has 0 saturated carbocycles. The molecule has 0 fully saturated rings. The van der Waals surface area contributed by atoms with Crippen LogP contribution in [0.25, 0.3) is 0 Å². The van der Waals surface area contributed by atoms with Crippen molar-refractivity contribution in [1.29, 1.82) is 0 Å². The first-order valence-corrected chi connectivity index (χ1v) is 5.38. The molecular formula is C11H13ClFNO2.